The molecule has 6 aromatic rings. The molecule has 0 aromatic heterocycles. The van der Waals surface area contributed by atoms with E-state index in [0.29, 0.717) is 5.56 Å². The number of aromatic hydroxyl groups is 3. The Bertz CT molecular complexity index is 4810. The van der Waals surface area contributed by atoms with Gasteiger partial charge in [0, 0.05) is 41.4 Å². The first-order valence-corrected chi connectivity index (χ1v) is 37.1. The number of anilines is 1. The summed E-state index contributed by atoms with van der Waals surface area (Å²) in [5.74, 6) is -16.8. The Morgan fingerprint density at radius 1 is 0.707 bits per heavy atom. The number of amides is 9. The lowest BCUT2D eigenvalue weighted by Crippen LogP contribution is -2.64. The van der Waals surface area contributed by atoms with Gasteiger partial charge in [0.05, 0.1) is 47.9 Å². The van der Waals surface area contributed by atoms with Gasteiger partial charge in [-0.2, -0.15) is 0 Å². The molecule has 6 aromatic carbocycles. The Morgan fingerprint density at radius 3 is 1.97 bits per heavy atom. The van der Waals surface area contributed by atoms with Crippen LogP contribution in [0.3, 0.4) is 0 Å². The van der Waals surface area contributed by atoms with E-state index >= 15 is 19.2 Å². The maximum absolute atomic E-state index is 16.3. The third-order valence-corrected chi connectivity index (χ3v) is 20.5. The number of nitrogens with two attached hydrogens (primary N) is 3. The second-order valence-corrected chi connectivity index (χ2v) is 29.9. The normalized spacial score (nSPS) is 27.0. The molecule has 26 N–H and O–H groups in total. The molecular weight excluding hydrogens is 1560 g/mol. The monoisotopic (exact) mass is 1650 g/mol. The highest BCUT2D eigenvalue weighted by atomic mass is 35.5. The van der Waals surface area contributed by atoms with Crippen molar-refractivity contribution in [3.63, 3.8) is 0 Å². The van der Waals surface area contributed by atoms with Crippen molar-refractivity contribution < 1.29 is 118 Å². The van der Waals surface area contributed by atoms with Gasteiger partial charge in [0.15, 0.2) is 29.9 Å². The number of ether oxygens (including phenoxy) is 6. The van der Waals surface area contributed by atoms with E-state index in [9.17, 15) is 69.9 Å². The number of phenols is 3. The molecule has 0 saturated carbocycles. The second-order valence-electron chi connectivity index (χ2n) is 29.1. The van der Waals surface area contributed by atoms with Crippen molar-refractivity contribution in [2.75, 3.05) is 25.5 Å². The highest BCUT2D eigenvalue weighted by molar-refractivity contribution is 6.32. The minimum Gasteiger partial charge on any atom is -0.508 e. The van der Waals surface area contributed by atoms with Crippen LogP contribution in [0.25, 0.3) is 11.1 Å². The summed E-state index contributed by atoms with van der Waals surface area (Å²) in [7, 11) is 1.47. The van der Waals surface area contributed by atoms with Crippen molar-refractivity contribution >= 4 is 88.0 Å². The van der Waals surface area contributed by atoms with Gasteiger partial charge in [-0.05, 0) is 133 Å². The van der Waals surface area contributed by atoms with Gasteiger partial charge in [0.2, 0.25) is 65.2 Å². The summed E-state index contributed by atoms with van der Waals surface area (Å²) < 4.78 is 38.6. The number of hydrogen-bond donors (Lipinski definition) is 23. The van der Waals surface area contributed by atoms with Crippen LogP contribution in [0, 0.1) is 11.3 Å². The smallest absolute Gasteiger partial charge is 0.248 e. The predicted molar refractivity (Wildman–Crippen MR) is 408 cm³/mol. The lowest BCUT2D eigenvalue weighted by Gasteiger charge is -2.47. The number of halogens is 2. The molecule has 7 heterocycles. The number of nitrogens with one attached hydrogen (secondary N) is 11. The summed E-state index contributed by atoms with van der Waals surface area (Å²) in [6.07, 6.45) is -18.8. The van der Waals surface area contributed by atoms with E-state index in [0.717, 1.165) is 66.7 Å². The molecule has 0 spiro atoms. The van der Waals surface area contributed by atoms with Crippen LogP contribution in [0.15, 0.2) is 103 Å². The minimum atomic E-state index is -2.38. The van der Waals surface area contributed by atoms with Gasteiger partial charge in [-0.15, -0.1) is 0 Å². The van der Waals surface area contributed by atoms with Crippen LogP contribution >= 0.6 is 23.2 Å². The molecule has 13 rings (SSSR count). The number of carbonyl (C=O) groups excluding carboxylic acids is 9. The molecule has 7 aliphatic rings. The fraction of sp³-hybridized carbons (Fsp3) is 0.395. The molecule has 11 bridgehead atoms. The molecular formula is C76H88Cl2N14O24. The van der Waals surface area contributed by atoms with E-state index in [2.05, 4.69) is 53.2 Å². The summed E-state index contributed by atoms with van der Waals surface area (Å²) in [6.45, 7) is 4.88. The van der Waals surface area contributed by atoms with E-state index in [1.165, 1.54) is 45.2 Å². The summed E-state index contributed by atoms with van der Waals surface area (Å²) in [5, 5.41) is 137. The number of carbonyl (C=O) groups is 9. The lowest BCUT2D eigenvalue weighted by atomic mass is 9.86. The van der Waals surface area contributed by atoms with Crippen molar-refractivity contribution in [2.45, 2.75) is 163 Å². The quantitative estimate of drug-likeness (QED) is 0.0390. The van der Waals surface area contributed by atoms with E-state index in [4.69, 9.17) is 74.2 Å². The first kappa shape index (κ1) is 85.6. The molecule has 2 saturated heterocycles. The maximum atomic E-state index is 16.3. The number of primary amides is 1. The number of phenolic OH excluding ortho intramolecular Hbond substituents is 3. The number of hydrogen-bond acceptors (Lipinski definition) is 27. The van der Waals surface area contributed by atoms with Crippen LogP contribution in [0.1, 0.15) is 111 Å². The van der Waals surface area contributed by atoms with Crippen LogP contribution in [-0.4, -0.2) is 204 Å². The third-order valence-electron chi connectivity index (χ3n) is 19.9. The molecule has 9 amide bonds. The van der Waals surface area contributed by atoms with Crippen LogP contribution < -0.4 is 84.6 Å². The van der Waals surface area contributed by atoms with E-state index < -0.39 is 250 Å². The lowest BCUT2D eigenvalue weighted by molar-refractivity contribution is -0.333. The van der Waals surface area contributed by atoms with E-state index in [1.807, 2.05) is 13.8 Å². The SMILES string of the molecule is CN[C@H](CC(C)C)C(=O)N[C@H]1C(=O)N[C@@H](CC(N)=O)C(=O)N[C@H]2C(=O)N[C@H]3C(=O)N[C@H](C(=O)N[C@H](C(=O)NCC(=O)Nc4cccc(CNC(=N)N)c4)c4cc(O)cc(O)c4-c4cc3ccc4O)[C@H](O)c3ccc(c(Cl)c3)Oc3cc2cc(c3O[C@@H]2O[C@H](CO)[C@@H](O)[C@H](O)[C@H]2O[C@H]2C[C@](C)(N)[C@H](O)[C@H](C)O2)Oc2ccc(cc2Cl)[C@H]1O. The Hall–Kier alpha value is -11.2. The van der Waals surface area contributed by atoms with Gasteiger partial charge >= 0.3 is 0 Å². The van der Waals surface area contributed by atoms with Crippen molar-refractivity contribution in [3.8, 4) is 57.1 Å². The number of aliphatic hydroxyl groups is 6. The number of guanidine groups is 1. The number of benzene rings is 6. The Kier molecular flexibility index (Phi) is 26.5. The molecule has 0 aliphatic carbocycles. The van der Waals surface area contributed by atoms with Gasteiger partial charge in [0.1, 0.15) is 95.5 Å². The molecule has 7 aliphatic heterocycles. The molecule has 18 atom stereocenters. The van der Waals surface area contributed by atoms with Crippen molar-refractivity contribution in [1.29, 1.82) is 5.41 Å². The molecule has 40 heteroatoms. The van der Waals surface area contributed by atoms with Crippen molar-refractivity contribution in [3.05, 3.63) is 147 Å². The first-order chi connectivity index (χ1) is 54.9. The van der Waals surface area contributed by atoms with Gasteiger partial charge in [-0.25, -0.2) is 0 Å². The molecule has 620 valence electrons. The van der Waals surface area contributed by atoms with E-state index in [1.54, 1.807) is 12.1 Å². The van der Waals surface area contributed by atoms with E-state index in [-0.39, 0.29) is 64.4 Å². The number of aliphatic hydroxyl groups excluding tert-OH is 6. The predicted octanol–water partition coefficient (Wildman–Crippen LogP) is -0.240. The summed E-state index contributed by atoms with van der Waals surface area (Å²) in [4.78, 5) is 134. The van der Waals surface area contributed by atoms with Gasteiger partial charge in [-0.1, -0.05) is 67.4 Å². The fourth-order valence-electron chi connectivity index (χ4n) is 13.9. The molecule has 2 fully saturated rings. The van der Waals surface area contributed by atoms with Gasteiger partial charge < -0.3 is 145 Å². The zero-order valence-corrected chi connectivity index (χ0v) is 64.1. The molecule has 0 unspecified atom stereocenters. The molecule has 38 nitrogen and oxygen atoms in total. The van der Waals surface area contributed by atoms with Gasteiger partial charge in [-0.3, -0.25) is 48.6 Å². The number of fused-ring (bicyclic) bond motifs is 15. The van der Waals surface area contributed by atoms with Gasteiger partial charge in [0.25, 0.3) is 0 Å². The Morgan fingerprint density at radius 2 is 1.34 bits per heavy atom. The largest absolute Gasteiger partial charge is 0.508 e. The molecule has 116 heavy (non-hydrogen) atoms. The topological polar surface area (TPSA) is 613 Å². The summed E-state index contributed by atoms with van der Waals surface area (Å²) in [6, 6.07) is 5.59. The third kappa shape index (κ3) is 19.3. The zero-order chi connectivity index (χ0) is 84.2. The molecule has 0 radical (unpaired) electrons. The average molecular weight is 1650 g/mol. The number of rotatable bonds is 18. The highest BCUT2D eigenvalue weighted by Gasteiger charge is 2.52. The van der Waals surface area contributed by atoms with Crippen molar-refractivity contribution in [2.24, 2.45) is 23.1 Å². The second kappa shape index (κ2) is 35.9. The highest BCUT2D eigenvalue weighted by Crippen LogP contribution is 2.50. The van der Waals surface area contributed by atoms with Crippen LogP contribution in [0.5, 0.6) is 46.0 Å². The Balaban J connectivity index is 1.11. The van der Waals surface area contributed by atoms with Crippen molar-refractivity contribution in [1.82, 2.24) is 47.9 Å². The fourth-order valence-corrected chi connectivity index (χ4v) is 14.4. The Labute approximate surface area is 670 Å². The summed E-state index contributed by atoms with van der Waals surface area (Å²) >= 11 is 14.3. The minimum absolute atomic E-state index is 0.0932. The zero-order valence-electron chi connectivity index (χ0n) is 62.6. The first-order valence-electron chi connectivity index (χ1n) is 36.4. The maximum Gasteiger partial charge on any atom is 0.248 e. The average Bonchev–Trinajstić information content (AvgIpc) is 0.766. The standard InChI is InChI=1S/C76H88Cl2N14O24/c1-29(2)15-42(83-5)67(104)91-58-60(99)33-10-13-46(40(77)18-33)112-48-20-35-21-49(64(48)116-74-65(63(102)62(101)50(28-93)114-74)115-53-25-76(4,82)66(103)30(3)111-53)113-47-14-11-34(19-41(47)78)61(100)59-73(110)90-57(69(106)84-27-52(98)86-36-8-6-7-31(16-36)26-85-75(80)81)39-22-37(94)23-45(96)54(39)38-17-32(9-12-44(38)95)55(70(107)92-59)89-71(108)56(35)88-68(105)43(24-51(79)97)87-72(58)109/h6-14,16-23,29-30,42-43,50,53,55-63,65-66,74,83,93-96,99-103H,15,24-28,82H2,1-5H3,(H2,79,97)(H,84,106)(H,86,98)(H,87,109)(H,88,105)(H,89,108)(H,90,110)(H,91,104)(H,92,107)(H4,80,81,85)/t30-,42+,43-,50+,53-,55+,56+,57-,58+,59-,60+,61+,62+,63-,65+,66+,74-,76-/m0/s1. The van der Waals surface area contributed by atoms with Crippen LogP contribution in [0.2, 0.25) is 10.0 Å². The summed E-state index contributed by atoms with van der Waals surface area (Å²) in [5.41, 5.74) is 14.3. The van der Waals surface area contributed by atoms with Crippen LogP contribution in [-0.2, 0) is 63.9 Å². The number of likely N-dealkylation sites (N-methyl/N-ethyl adjacent to an activating group) is 1. The van der Waals surface area contributed by atoms with Crippen LogP contribution in [0.4, 0.5) is 5.69 Å².